The van der Waals surface area contributed by atoms with Gasteiger partial charge in [0.15, 0.2) is 9.84 Å². The van der Waals surface area contributed by atoms with E-state index in [1.807, 2.05) is 7.05 Å². The number of hydrogen-bond donors (Lipinski definition) is 1. The zero-order valence-corrected chi connectivity index (χ0v) is 10.8. The molecule has 1 saturated heterocycles. The van der Waals surface area contributed by atoms with E-state index < -0.39 is 15.1 Å². The summed E-state index contributed by atoms with van der Waals surface area (Å²) in [5.41, 5.74) is 0. The van der Waals surface area contributed by atoms with Gasteiger partial charge in [-0.15, -0.1) is 0 Å². The molecule has 0 aliphatic carbocycles. The van der Waals surface area contributed by atoms with Crippen molar-refractivity contribution in [2.45, 2.75) is 30.9 Å². The third kappa shape index (κ3) is 2.87. The highest BCUT2D eigenvalue weighted by Crippen LogP contribution is 2.32. The topological polar surface area (TPSA) is 72.2 Å². The zero-order valence-electron chi connectivity index (χ0n) is 9.98. The summed E-state index contributed by atoms with van der Waals surface area (Å²) in [5, 5.41) is 2.49. The number of likely N-dealkylation sites (N-methyl/N-ethyl adjacent to an activating group) is 1. The molecule has 2 heterocycles. The van der Waals surface area contributed by atoms with Crippen molar-refractivity contribution >= 4 is 9.84 Å². The van der Waals surface area contributed by atoms with Crippen LogP contribution in [0.2, 0.25) is 0 Å². The van der Waals surface area contributed by atoms with Crippen LogP contribution in [0.4, 0.5) is 0 Å². The molecule has 0 spiro atoms. The fraction of sp³-hybridized carbons (Fsp3) is 0.727. The van der Waals surface area contributed by atoms with Gasteiger partial charge in [0, 0.05) is 13.0 Å². The normalized spacial score (nSPS) is 23.7. The summed E-state index contributed by atoms with van der Waals surface area (Å²) in [6, 6.07) is 0. The Hall–Kier alpha value is -0.880. The first kappa shape index (κ1) is 12.6. The van der Waals surface area contributed by atoms with Gasteiger partial charge in [-0.05, 0) is 19.9 Å². The van der Waals surface area contributed by atoms with Crippen LogP contribution >= 0.6 is 0 Å². The molecule has 1 aromatic rings. The number of aromatic nitrogens is 1. The summed E-state index contributed by atoms with van der Waals surface area (Å²) in [4.78, 5) is 4.11. The molecular formula is C11H18N2O3S. The first-order valence-electron chi connectivity index (χ1n) is 5.94. The molecule has 1 aliphatic rings. The van der Waals surface area contributed by atoms with Crippen LogP contribution in [0, 0.1) is 0 Å². The predicted octanol–water partition coefficient (Wildman–Crippen LogP) is 1.08. The van der Waals surface area contributed by atoms with Crippen molar-refractivity contribution in [2.24, 2.45) is 0 Å². The molecule has 1 aromatic heterocycles. The first-order valence-corrected chi connectivity index (χ1v) is 7.66. The highest BCUT2D eigenvalue weighted by Gasteiger charge is 2.33. The van der Waals surface area contributed by atoms with Crippen molar-refractivity contribution in [1.82, 2.24) is 10.3 Å². The third-order valence-electron chi connectivity index (χ3n) is 3.05. The SMILES string of the molecule is CNCCc1cnc(C2CCCCS2(=O)=O)o1. The van der Waals surface area contributed by atoms with Gasteiger partial charge in [0.2, 0.25) is 5.89 Å². The quantitative estimate of drug-likeness (QED) is 0.874. The summed E-state index contributed by atoms with van der Waals surface area (Å²) in [6.45, 7) is 0.798. The van der Waals surface area contributed by atoms with Crippen LogP contribution in [0.3, 0.4) is 0 Å². The van der Waals surface area contributed by atoms with Crippen LogP contribution in [0.25, 0.3) is 0 Å². The van der Waals surface area contributed by atoms with Crippen molar-refractivity contribution in [2.75, 3.05) is 19.3 Å². The zero-order chi connectivity index (χ0) is 12.3. The highest BCUT2D eigenvalue weighted by molar-refractivity contribution is 7.91. The van der Waals surface area contributed by atoms with Gasteiger partial charge in [0.05, 0.1) is 11.9 Å². The summed E-state index contributed by atoms with van der Waals surface area (Å²) in [5.74, 6) is 1.37. The van der Waals surface area contributed by atoms with Crippen LogP contribution in [0.1, 0.15) is 36.2 Å². The standard InChI is InChI=1S/C11H18N2O3S/c1-12-6-5-9-8-13-11(16-9)10-4-2-3-7-17(10,14)15/h8,10,12H,2-7H2,1H3. The maximum Gasteiger partial charge on any atom is 0.212 e. The maximum absolute atomic E-state index is 11.9. The van der Waals surface area contributed by atoms with E-state index in [2.05, 4.69) is 10.3 Å². The molecule has 0 aromatic carbocycles. The van der Waals surface area contributed by atoms with Gasteiger partial charge in [-0.1, -0.05) is 6.42 Å². The van der Waals surface area contributed by atoms with E-state index in [0.717, 1.165) is 31.6 Å². The Bertz CT molecular complexity index is 467. The second-order valence-electron chi connectivity index (χ2n) is 4.37. The Morgan fingerprint density at radius 2 is 2.35 bits per heavy atom. The average molecular weight is 258 g/mol. The smallest absolute Gasteiger partial charge is 0.212 e. The number of nitrogens with one attached hydrogen (secondary N) is 1. The molecule has 2 rings (SSSR count). The van der Waals surface area contributed by atoms with E-state index in [-0.39, 0.29) is 5.75 Å². The fourth-order valence-electron chi connectivity index (χ4n) is 2.07. The summed E-state index contributed by atoms with van der Waals surface area (Å²) in [7, 11) is -1.19. The monoisotopic (exact) mass is 258 g/mol. The molecule has 0 amide bonds. The predicted molar refractivity (Wildman–Crippen MR) is 64.5 cm³/mol. The lowest BCUT2D eigenvalue weighted by atomic mass is 10.2. The fourth-order valence-corrected chi connectivity index (χ4v) is 3.90. The van der Waals surface area contributed by atoms with Crippen LogP contribution in [0.5, 0.6) is 0 Å². The lowest BCUT2D eigenvalue weighted by Crippen LogP contribution is -2.21. The Labute approximate surface area is 102 Å². The Balaban J connectivity index is 2.13. The van der Waals surface area contributed by atoms with Gasteiger partial charge >= 0.3 is 0 Å². The lowest BCUT2D eigenvalue weighted by Gasteiger charge is -2.19. The van der Waals surface area contributed by atoms with Crippen molar-refractivity contribution in [3.63, 3.8) is 0 Å². The van der Waals surface area contributed by atoms with Gasteiger partial charge in [-0.25, -0.2) is 13.4 Å². The molecular weight excluding hydrogens is 240 g/mol. The van der Waals surface area contributed by atoms with E-state index in [0.29, 0.717) is 12.3 Å². The molecule has 0 radical (unpaired) electrons. The molecule has 1 atom stereocenters. The van der Waals surface area contributed by atoms with Crippen LogP contribution in [-0.2, 0) is 16.3 Å². The molecule has 1 aliphatic heterocycles. The van der Waals surface area contributed by atoms with Crippen molar-refractivity contribution in [3.05, 3.63) is 17.8 Å². The summed E-state index contributed by atoms with van der Waals surface area (Å²) < 4.78 is 29.3. The van der Waals surface area contributed by atoms with Crippen LogP contribution < -0.4 is 5.32 Å². The Kier molecular flexibility index (Phi) is 3.83. The van der Waals surface area contributed by atoms with Gasteiger partial charge in [0.1, 0.15) is 11.0 Å². The first-order chi connectivity index (χ1) is 8.13. The molecule has 0 bridgehead atoms. The van der Waals surface area contributed by atoms with E-state index in [4.69, 9.17) is 4.42 Å². The van der Waals surface area contributed by atoms with Gasteiger partial charge < -0.3 is 9.73 Å². The largest absolute Gasteiger partial charge is 0.444 e. The minimum Gasteiger partial charge on any atom is -0.444 e. The number of hydrogen-bond acceptors (Lipinski definition) is 5. The molecule has 1 fully saturated rings. The minimum absolute atomic E-state index is 0.256. The third-order valence-corrected chi connectivity index (χ3v) is 5.21. The minimum atomic E-state index is -3.06. The molecule has 17 heavy (non-hydrogen) atoms. The van der Waals surface area contributed by atoms with Gasteiger partial charge in [-0.3, -0.25) is 0 Å². The molecule has 1 N–H and O–H groups in total. The molecule has 0 saturated carbocycles. The number of nitrogens with zero attached hydrogens (tertiary/aromatic N) is 1. The van der Waals surface area contributed by atoms with Crippen molar-refractivity contribution < 1.29 is 12.8 Å². The van der Waals surface area contributed by atoms with Crippen LogP contribution in [-0.4, -0.2) is 32.7 Å². The number of rotatable bonds is 4. The van der Waals surface area contributed by atoms with Crippen molar-refractivity contribution in [1.29, 1.82) is 0 Å². The molecule has 5 nitrogen and oxygen atoms in total. The van der Waals surface area contributed by atoms with Crippen LogP contribution in [0.15, 0.2) is 10.6 Å². The number of oxazole rings is 1. The molecule has 96 valence electrons. The molecule has 6 heteroatoms. The van der Waals surface area contributed by atoms with Gasteiger partial charge in [0.25, 0.3) is 0 Å². The van der Waals surface area contributed by atoms with E-state index in [1.54, 1.807) is 6.20 Å². The second kappa shape index (κ2) is 5.18. The summed E-state index contributed by atoms with van der Waals surface area (Å²) >= 11 is 0. The lowest BCUT2D eigenvalue weighted by molar-refractivity contribution is 0.424. The molecule has 1 unspecified atom stereocenters. The van der Waals surface area contributed by atoms with Gasteiger partial charge in [-0.2, -0.15) is 0 Å². The van der Waals surface area contributed by atoms with E-state index >= 15 is 0 Å². The maximum atomic E-state index is 11.9. The summed E-state index contributed by atoms with van der Waals surface area (Å²) in [6.07, 6.45) is 4.69. The number of sulfone groups is 1. The Morgan fingerprint density at radius 1 is 1.53 bits per heavy atom. The average Bonchev–Trinajstić information content (AvgIpc) is 2.74. The highest BCUT2D eigenvalue weighted by atomic mass is 32.2. The van der Waals surface area contributed by atoms with E-state index in [9.17, 15) is 8.42 Å². The Morgan fingerprint density at radius 3 is 3.06 bits per heavy atom. The van der Waals surface area contributed by atoms with E-state index in [1.165, 1.54) is 0 Å². The second-order valence-corrected chi connectivity index (χ2v) is 6.67. The van der Waals surface area contributed by atoms with Crippen molar-refractivity contribution in [3.8, 4) is 0 Å².